The fourth-order valence-corrected chi connectivity index (χ4v) is 4.82. The highest BCUT2D eigenvalue weighted by atomic mass is 32.2. The number of H-pyrrole nitrogens is 1. The molecule has 7 nitrogen and oxygen atoms in total. The molecule has 0 fully saturated rings. The van der Waals surface area contributed by atoms with Crippen LogP contribution in [0.4, 0.5) is 23.2 Å². The highest BCUT2D eigenvalue weighted by molar-refractivity contribution is 7.98. The van der Waals surface area contributed by atoms with E-state index in [1.807, 2.05) is 0 Å². The SMILES string of the molecule is C=S(N)(=O)c1ccc(-c2cnc(-c3ccccc3)c(NC(=O)c3cc(-c4ccn[nH]4)c(C(F)(F)F)cc3F)c2)cc1. The normalized spacial score (nSPS) is 13.0. The highest BCUT2D eigenvalue weighted by Crippen LogP contribution is 2.38. The average molecular weight is 580 g/mol. The van der Waals surface area contributed by atoms with E-state index in [-0.39, 0.29) is 17.4 Å². The van der Waals surface area contributed by atoms with Crippen LogP contribution >= 0.6 is 0 Å². The molecule has 0 aliphatic rings. The van der Waals surface area contributed by atoms with Crippen molar-refractivity contribution in [3.8, 4) is 33.6 Å². The molecule has 0 bridgehead atoms. The van der Waals surface area contributed by atoms with Gasteiger partial charge in [0, 0.05) is 34.0 Å². The molecule has 0 spiro atoms. The van der Waals surface area contributed by atoms with E-state index < -0.39 is 44.3 Å². The summed E-state index contributed by atoms with van der Waals surface area (Å²) < 4.78 is 68.2. The fourth-order valence-electron chi connectivity index (χ4n) is 4.22. The number of hydrogen-bond donors (Lipinski definition) is 3. The lowest BCUT2D eigenvalue weighted by atomic mass is 9.99. The predicted molar refractivity (Wildman–Crippen MR) is 150 cm³/mol. The molecular weight excluding hydrogens is 558 g/mol. The number of hydrogen-bond acceptors (Lipinski definition) is 4. The second kappa shape index (κ2) is 10.6. The van der Waals surface area contributed by atoms with Gasteiger partial charge in [0.25, 0.3) is 5.91 Å². The van der Waals surface area contributed by atoms with E-state index in [9.17, 15) is 22.2 Å². The maximum Gasteiger partial charge on any atom is 0.417 e. The van der Waals surface area contributed by atoms with E-state index in [4.69, 9.17) is 5.14 Å². The van der Waals surface area contributed by atoms with Gasteiger partial charge in [-0.1, -0.05) is 42.5 Å². The number of anilines is 1. The first-order valence-corrected chi connectivity index (χ1v) is 13.7. The number of nitrogens with zero attached hydrogens (tertiary/aromatic N) is 2. The van der Waals surface area contributed by atoms with Gasteiger partial charge in [-0.15, -0.1) is 0 Å². The predicted octanol–water partition coefficient (Wildman–Crippen LogP) is 6.16. The minimum absolute atomic E-state index is 0.0350. The summed E-state index contributed by atoms with van der Waals surface area (Å²) in [6.45, 7) is 0. The van der Waals surface area contributed by atoms with Gasteiger partial charge in [0.2, 0.25) is 0 Å². The van der Waals surface area contributed by atoms with Crippen molar-refractivity contribution in [2.75, 3.05) is 5.32 Å². The summed E-state index contributed by atoms with van der Waals surface area (Å²) in [6.07, 6.45) is -2.07. The van der Waals surface area contributed by atoms with E-state index in [1.54, 1.807) is 66.9 Å². The molecule has 41 heavy (non-hydrogen) atoms. The molecule has 0 aliphatic heterocycles. The van der Waals surface area contributed by atoms with E-state index in [1.165, 1.54) is 12.3 Å². The van der Waals surface area contributed by atoms with Gasteiger partial charge in [-0.3, -0.25) is 20.0 Å². The Bertz CT molecular complexity index is 1840. The van der Waals surface area contributed by atoms with Gasteiger partial charge in [-0.2, -0.15) is 18.3 Å². The van der Waals surface area contributed by atoms with Crippen molar-refractivity contribution < 1.29 is 26.6 Å². The first-order chi connectivity index (χ1) is 19.4. The average Bonchev–Trinajstić information content (AvgIpc) is 3.47. The number of alkyl halides is 3. The first kappa shape index (κ1) is 27.7. The molecule has 1 atom stereocenters. The minimum Gasteiger partial charge on any atom is -0.320 e. The Hall–Kier alpha value is -4.81. The zero-order valence-electron chi connectivity index (χ0n) is 21.1. The summed E-state index contributed by atoms with van der Waals surface area (Å²) in [6, 6.07) is 19.3. The summed E-state index contributed by atoms with van der Waals surface area (Å²) in [5.74, 6) is 1.13. The molecule has 12 heteroatoms. The van der Waals surface area contributed by atoms with Gasteiger partial charge in [0.1, 0.15) is 5.82 Å². The largest absolute Gasteiger partial charge is 0.417 e. The van der Waals surface area contributed by atoms with Crippen LogP contribution in [-0.4, -0.2) is 31.2 Å². The maximum absolute atomic E-state index is 15.0. The Kier molecular flexibility index (Phi) is 7.20. The number of rotatable bonds is 6. The van der Waals surface area contributed by atoms with E-state index in [0.29, 0.717) is 27.3 Å². The minimum atomic E-state index is -4.88. The second-order valence-corrected chi connectivity index (χ2v) is 11.0. The zero-order chi connectivity index (χ0) is 29.4. The summed E-state index contributed by atoms with van der Waals surface area (Å²) in [5, 5.41) is 14.3. The standard InChI is InChI=1S/C29H21F4N5O2S/c1-41(34,40)20-9-7-17(8-10-20)19-13-26(27(35-16-19)18-5-3-2-4-6-18)37-28(39)22-14-21(25-11-12-36-38-25)23(15-24(22)30)29(31,32)33/h2-16H,1H2,(H2,34,40)(H,36,38)(H,37,39). The van der Waals surface area contributed by atoms with Gasteiger partial charge in [0.05, 0.1) is 37.9 Å². The van der Waals surface area contributed by atoms with Crippen molar-refractivity contribution in [3.05, 3.63) is 108 Å². The molecule has 4 N–H and O–H groups in total. The van der Waals surface area contributed by atoms with Crippen LogP contribution in [0.3, 0.4) is 0 Å². The summed E-state index contributed by atoms with van der Waals surface area (Å²) in [4.78, 5) is 18.2. The van der Waals surface area contributed by atoms with Gasteiger partial charge in [0.15, 0.2) is 0 Å². The number of halogens is 4. The third kappa shape index (κ3) is 5.88. The van der Waals surface area contributed by atoms with Crippen molar-refractivity contribution in [1.29, 1.82) is 0 Å². The summed E-state index contributed by atoms with van der Waals surface area (Å²) in [7, 11) is -2.92. The number of benzene rings is 3. The lowest BCUT2D eigenvalue weighted by molar-refractivity contribution is -0.137. The fraction of sp³-hybridized carbons (Fsp3) is 0.0345. The quantitative estimate of drug-likeness (QED) is 0.165. The number of carbonyl (C=O) groups is 1. The molecule has 1 unspecified atom stereocenters. The molecule has 0 saturated carbocycles. The van der Waals surface area contributed by atoms with Crippen molar-refractivity contribution in [2.45, 2.75) is 11.1 Å². The van der Waals surface area contributed by atoms with Crippen molar-refractivity contribution in [3.63, 3.8) is 0 Å². The molecule has 5 rings (SSSR count). The molecule has 2 heterocycles. The maximum atomic E-state index is 15.0. The Morgan fingerprint density at radius 1 is 0.951 bits per heavy atom. The van der Waals surface area contributed by atoms with E-state index in [2.05, 4.69) is 26.4 Å². The molecule has 0 aliphatic carbocycles. The van der Waals surface area contributed by atoms with Gasteiger partial charge < -0.3 is 5.32 Å². The first-order valence-electron chi connectivity index (χ1n) is 11.9. The van der Waals surface area contributed by atoms with Crippen LogP contribution in [-0.2, 0) is 15.9 Å². The van der Waals surface area contributed by atoms with Gasteiger partial charge in [-0.05, 0) is 47.8 Å². The Morgan fingerprint density at radius 2 is 1.66 bits per heavy atom. The summed E-state index contributed by atoms with van der Waals surface area (Å²) in [5.41, 5.74) is 0.0307. The Labute approximate surface area is 232 Å². The monoisotopic (exact) mass is 579 g/mol. The molecule has 208 valence electrons. The van der Waals surface area contributed by atoms with Gasteiger partial charge >= 0.3 is 6.18 Å². The van der Waals surface area contributed by atoms with Crippen LogP contribution in [0.25, 0.3) is 33.6 Å². The number of carbonyl (C=O) groups excluding carboxylic acids is 1. The van der Waals surface area contributed by atoms with Gasteiger partial charge in [-0.25, -0.2) is 8.60 Å². The van der Waals surface area contributed by atoms with Crippen LogP contribution in [0.15, 0.2) is 96.2 Å². The van der Waals surface area contributed by atoms with E-state index >= 15 is 4.39 Å². The number of amides is 1. The Balaban J connectivity index is 1.58. The summed E-state index contributed by atoms with van der Waals surface area (Å²) >= 11 is 0. The molecule has 0 radical (unpaired) electrons. The van der Waals surface area contributed by atoms with Crippen LogP contribution in [0, 0.1) is 5.82 Å². The second-order valence-electron chi connectivity index (χ2n) is 9.04. The number of pyridine rings is 1. The van der Waals surface area contributed by atoms with E-state index in [0.717, 1.165) is 6.07 Å². The number of nitrogens with one attached hydrogen (secondary N) is 2. The van der Waals surface area contributed by atoms with Crippen LogP contribution in [0.1, 0.15) is 15.9 Å². The molecule has 3 aromatic carbocycles. The molecule has 2 aromatic heterocycles. The molecule has 0 saturated heterocycles. The number of nitrogens with two attached hydrogens (primary N) is 1. The van der Waals surface area contributed by atoms with Crippen LogP contribution < -0.4 is 10.5 Å². The van der Waals surface area contributed by atoms with Crippen molar-refractivity contribution >= 4 is 27.2 Å². The number of aromatic amines is 1. The molecule has 1 amide bonds. The Morgan fingerprint density at radius 3 is 2.27 bits per heavy atom. The lowest BCUT2D eigenvalue weighted by Gasteiger charge is -2.16. The lowest BCUT2D eigenvalue weighted by Crippen LogP contribution is -2.17. The van der Waals surface area contributed by atoms with Crippen molar-refractivity contribution in [1.82, 2.24) is 15.2 Å². The van der Waals surface area contributed by atoms with Crippen LogP contribution in [0.5, 0.6) is 0 Å². The third-order valence-electron chi connectivity index (χ3n) is 6.22. The topological polar surface area (TPSA) is 114 Å². The molecule has 5 aromatic rings. The van der Waals surface area contributed by atoms with Crippen molar-refractivity contribution in [2.24, 2.45) is 5.14 Å². The van der Waals surface area contributed by atoms with Crippen LogP contribution in [0.2, 0.25) is 0 Å². The third-order valence-corrected chi connectivity index (χ3v) is 7.29. The number of aromatic nitrogens is 3. The molecular formula is C29H21F4N5O2S. The smallest absolute Gasteiger partial charge is 0.320 e. The zero-order valence-corrected chi connectivity index (χ0v) is 21.9. The highest BCUT2D eigenvalue weighted by Gasteiger charge is 2.36.